The predicted octanol–water partition coefficient (Wildman–Crippen LogP) is 4.56. The second kappa shape index (κ2) is 10.4. The molecule has 1 aliphatic carbocycles. The number of esters is 1. The maximum Gasteiger partial charge on any atom is 0.315 e. The van der Waals surface area contributed by atoms with E-state index >= 15 is 0 Å². The first-order chi connectivity index (χ1) is 17.3. The van der Waals surface area contributed by atoms with Crippen LogP contribution in [0, 0.1) is 5.92 Å². The van der Waals surface area contributed by atoms with Gasteiger partial charge in [0.2, 0.25) is 0 Å². The molecule has 0 amide bonds. The van der Waals surface area contributed by atoms with Crippen LogP contribution in [0.15, 0.2) is 52.7 Å². The highest BCUT2D eigenvalue weighted by Gasteiger charge is 2.45. The molecule has 2 aliphatic rings. The molecule has 1 unspecified atom stereocenters. The van der Waals surface area contributed by atoms with Crippen LogP contribution in [-0.4, -0.2) is 50.5 Å². The van der Waals surface area contributed by atoms with Crippen molar-refractivity contribution in [3.8, 4) is 23.0 Å². The number of allylic oxidation sites excluding steroid dienone is 2. The maximum atomic E-state index is 13.7. The molecule has 0 fully saturated rings. The Morgan fingerprint density at radius 2 is 1.64 bits per heavy atom. The van der Waals surface area contributed by atoms with E-state index in [0.29, 0.717) is 46.2 Å². The zero-order valence-electron chi connectivity index (χ0n) is 21.2. The number of rotatable bonds is 7. The van der Waals surface area contributed by atoms with Crippen molar-refractivity contribution in [1.29, 1.82) is 0 Å². The van der Waals surface area contributed by atoms with Crippen LogP contribution in [0.2, 0.25) is 0 Å². The van der Waals surface area contributed by atoms with Crippen LogP contribution in [-0.2, 0) is 14.3 Å². The minimum Gasteiger partial charge on any atom is -0.504 e. The number of hydrogen-bond acceptors (Lipinski definition) is 8. The molecule has 4 rings (SSSR count). The zero-order chi connectivity index (χ0) is 26.0. The van der Waals surface area contributed by atoms with Crippen LogP contribution < -0.4 is 14.2 Å². The zero-order valence-corrected chi connectivity index (χ0v) is 21.2. The quantitative estimate of drug-likeness (QED) is 0.564. The number of carbonyl (C=O) groups excluding carboxylic acids is 2. The summed E-state index contributed by atoms with van der Waals surface area (Å²) in [7, 11) is 4.62. The number of methoxy groups -OCH3 is 3. The third kappa shape index (κ3) is 4.55. The van der Waals surface area contributed by atoms with Gasteiger partial charge in [0, 0.05) is 29.3 Å². The normalized spacial score (nSPS) is 21.4. The van der Waals surface area contributed by atoms with Crippen molar-refractivity contribution in [2.45, 2.75) is 38.5 Å². The summed E-state index contributed by atoms with van der Waals surface area (Å²) in [5.74, 6) is -0.549. The third-order valence-corrected chi connectivity index (χ3v) is 6.87. The second-order valence-electron chi connectivity index (χ2n) is 8.89. The van der Waals surface area contributed by atoms with E-state index in [4.69, 9.17) is 23.9 Å². The molecule has 0 saturated heterocycles. The number of carbonyl (C=O) groups is 2. The number of nitrogens with zero attached hydrogens (tertiary/aromatic N) is 1. The van der Waals surface area contributed by atoms with Crippen LogP contribution in [0.25, 0.3) is 0 Å². The number of ketones is 1. The summed E-state index contributed by atoms with van der Waals surface area (Å²) in [5.41, 5.74) is 3.31. The number of Topliss-reactive ketones (excluding diaryl/α,β-unsaturated/α-hetero) is 1. The van der Waals surface area contributed by atoms with Gasteiger partial charge < -0.3 is 24.1 Å². The summed E-state index contributed by atoms with van der Waals surface area (Å²) in [4.78, 5) is 31.5. The second-order valence-corrected chi connectivity index (χ2v) is 8.89. The van der Waals surface area contributed by atoms with Crippen molar-refractivity contribution in [2.24, 2.45) is 10.9 Å². The Kier molecular flexibility index (Phi) is 7.33. The number of hydrogen-bond donors (Lipinski definition) is 1. The van der Waals surface area contributed by atoms with E-state index in [1.807, 2.05) is 18.2 Å². The lowest BCUT2D eigenvalue weighted by molar-refractivity contribution is -0.146. The Bertz CT molecular complexity index is 1250. The van der Waals surface area contributed by atoms with Gasteiger partial charge in [0.25, 0.3) is 0 Å². The van der Waals surface area contributed by atoms with Crippen molar-refractivity contribution in [3.63, 3.8) is 0 Å². The van der Waals surface area contributed by atoms with Gasteiger partial charge in [-0.15, -0.1) is 0 Å². The lowest BCUT2D eigenvalue weighted by atomic mass is 9.69. The van der Waals surface area contributed by atoms with Crippen LogP contribution >= 0.6 is 0 Å². The van der Waals surface area contributed by atoms with Crippen LogP contribution in [0.5, 0.6) is 23.0 Å². The molecule has 190 valence electrons. The Hall–Kier alpha value is -3.81. The third-order valence-electron chi connectivity index (χ3n) is 6.87. The van der Waals surface area contributed by atoms with Crippen molar-refractivity contribution < 1.29 is 33.6 Å². The number of aliphatic imine (C=N–C) groups is 1. The minimum absolute atomic E-state index is 0.0635. The molecule has 1 N–H and O–H groups in total. The van der Waals surface area contributed by atoms with E-state index < -0.39 is 17.8 Å². The van der Waals surface area contributed by atoms with Gasteiger partial charge in [0.1, 0.15) is 5.92 Å². The average Bonchev–Trinajstić information content (AvgIpc) is 2.87. The number of ether oxygens (including phenoxy) is 4. The molecule has 2 aromatic rings. The predicted molar refractivity (Wildman–Crippen MR) is 134 cm³/mol. The number of phenols is 1. The van der Waals surface area contributed by atoms with Crippen LogP contribution in [0.1, 0.15) is 49.7 Å². The van der Waals surface area contributed by atoms with E-state index in [2.05, 4.69) is 0 Å². The smallest absolute Gasteiger partial charge is 0.315 e. The van der Waals surface area contributed by atoms with E-state index in [0.717, 1.165) is 5.56 Å². The fourth-order valence-electron chi connectivity index (χ4n) is 5.20. The first kappa shape index (κ1) is 25.3. The molecule has 0 spiro atoms. The molecule has 2 aromatic carbocycles. The van der Waals surface area contributed by atoms with Gasteiger partial charge in [0.15, 0.2) is 28.8 Å². The van der Waals surface area contributed by atoms with Crippen molar-refractivity contribution in [3.05, 3.63) is 58.8 Å². The molecule has 1 heterocycles. The van der Waals surface area contributed by atoms with Gasteiger partial charge in [-0.05, 0) is 61.6 Å². The van der Waals surface area contributed by atoms with E-state index in [9.17, 15) is 14.7 Å². The molecular formula is C28H31NO7. The lowest BCUT2D eigenvalue weighted by Gasteiger charge is -2.36. The molecule has 0 saturated carbocycles. The van der Waals surface area contributed by atoms with Gasteiger partial charge in [0.05, 0.1) is 27.9 Å². The number of phenolic OH excluding ortho intramolecular Hbond substituents is 1. The highest BCUT2D eigenvalue weighted by molar-refractivity contribution is 6.09. The molecule has 3 atom stereocenters. The molecule has 8 heteroatoms. The lowest BCUT2D eigenvalue weighted by Crippen LogP contribution is -2.38. The Labute approximate surface area is 210 Å². The van der Waals surface area contributed by atoms with Gasteiger partial charge >= 0.3 is 5.97 Å². The van der Waals surface area contributed by atoms with Gasteiger partial charge in [-0.1, -0.05) is 12.1 Å². The van der Waals surface area contributed by atoms with Crippen molar-refractivity contribution in [2.75, 3.05) is 27.9 Å². The highest BCUT2D eigenvalue weighted by atomic mass is 16.5. The average molecular weight is 494 g/mol. The fourth-order valence-corrected chi connectivity index (χ4v) is 5.20. The standard InChI is InChI=1S/C28H31NO7/c1-6-36-28(32)25-15(2)29-19-11-18(16-7-10-23(34-4)24(14-16)35-5)13-21(31)27(19)26(25)17-8-9-22(33-3)20(30)12-17/h7-10,12,14,18,25-26,30H,6,11,13H2,1-5H3/t18-,25?,26-/m1/s1. The summed E-state index contributed by atoms with van der Waals surface area (Å²) in [6.07, 6.45) is 0.791. The van der Waals surface area contributed by atoms with Gasteiger partial charge in [-0.3, -0.25) is 14.6 Å². The Balaban J connectivity index is 1.79. The Morgan fingerprint density at radius 3 is 2.28 bits per heavy atom. The van der Waals surface area contributed by atoms with Gasteiger partial charge in [-0.25, -0.2) is 0 Å². The fraction of sp³-hybridized carbons (Fsp3) is 0.393. The molecule has 36 heavy (non-hydrogen) atoms. The van der Waals surface area contributed by atoms with Crippen molar-refractivity contribution in [1.82, 2.24) is 0 Å². The molecule has 0 radical (unpaired) electrons. The van der Waals surface area contributed by atoms with E-state index in [1.54, 1.807) is 46.3 Å². The number of aromatic hydroxyl groups is 1. The minimum atomic E-state index is -0.766. The summed E-state index contributed by atoms with van der Waals surface area (Å²) >= 11 is 0. The number of benzene rings is 2. The molecular weight excluding hydrogens is 462 g/mol. The van der Waals surface area contributed by atoms with E-state index in [1.165, 1.54) is 7.11 Å². The summed E-state index contributed by atoms with van der Waals surface area (Å²) < 4.78 is 21.3. The maximum absolute atomic E-state index is 13.7. The summed E-state index contributed by atoms with van der Waals surface area (Å²) in [6.45, 7) is 3.74. The molecule has 0 aromatic heterocycles. The summed E-state index contributed by atoms with van der Waals surface area (Å²) in [5, 5.41) is 10.5. The van der Waals surface area contributed by atoms with Crippen LogP contribution in [0.3, 0.4) is 0 Å². The SMILES string of the molecule is CCOC(=O)C1C(C)=NC2=C(C(=O)C[C@H](c3ccc(OC)c(OC)c3)C2)[C@@H]1c1ccc(OC)c(O)c1. The highest BCUT2D eigenvalue weighted by Crippen LogP contribution is 2.48. The first-order valence-electron chi connectivity index (χ1n) is 11.9. The largest absolute Gasteiger partial charge is 0.504 e. The molecule has 0 bridgehead atoms. The van der Waals surface area contributed by atoms with Gasteiger partial charge in [-0.2, -0.15) is 0 Å². The topological polar surface area (TPSA) is 104 Å². The van der Waals surface area contributed by atoms with E-state index in [-0.39, 0.29) is 30.5 Å². The van der Waals surface area contributed by atoms with Crippen LogP contribution in [0.4, 0.5) is 0 Å². The Morgan fingerprint density at radius 1 is 0.972 bits per heavy atom. The molecule has 1 aliphatic heterocycles. The monoisotopic (exact) mass is 493 g/mol. The molecule has 8 nitrogen and oxygen atoms in total. The summed E-state index contributed by atoms with van der Waals surface area (Å²) in [6, 6.07) is 10.6. The van der Waals surface area contributed by atoms with Crippen molar-refractivity contribution >= 4 is 17.5 Å². The first-order valence-corrected chi connectivity index (χ1v) is 11.9.